The number of piperidine rings is 1. The number of likely N-dealkylation sites (tertiary alicyclic amines) is 1. The van der Waals surface area contributed by atoms with Crippen molar-refractivity contribution in [3.8, 4) is 0 Å². The molecule has 8 heteroatoms. The van der Waals surface area contributed by atoms with Crippen LogP contribution in [0.25, 0.3) is 5.78 Å². The largest absolute Gasteiger partial charge is 0.340 e. The van der Waals surface area contributed by atoms with Gasteiger partial charge in [-0.1, -0.05) is 0 Å². The summed E-state index contributed by atoms with van der Waals surface area (Å²) in [5.41, 5.74) is 1.00. The average molecular weight is 326 g/mol. The van der Waals surface area contributed by atoms with Crippen LogP contribution in [0.5, 0.6) is 0 Å². The molecule has 0 spiro atoms. The first-order chi connectivity index (χ1) is 11.6. The van der Waals surface area contributed by atoms with Gasteiger partial charge in [0.05, 0.1) is 12.4 Å². The highest BCUT2D eigenvalue weighted by molar-refractivity contribution is 5.92. The molecule has 1 fully saturated rings. The number of carbonyl (C=O) groups excluding carboxylic acids is 1. The first kappa shape index (κ1) is 14.7. The third kappa shape index (κ3) is 2.40. The van der Waals surface area contributed by atoms with Crippen LogP contribution in [-0.2, 0) is 7.05 Å². The fourth-order valence-electron chi connectivity index (χ4n) is 3.29. The van der Waals surface area contributed by atoms with Gasteiger partial charge in [-0.25, -0.2) is 9.97 Å². The summed E-state index contributed by atoms with van der Waals surface area (Å²) < 4.78 is 3.21. The van der Waals surface area contributed by atoms with Gasteiger partial charge >= 0.3 is 0 Å². The molecule has 0 saturated carbocycles. The quantitative estimate of drug-likeness (QED) is 0.764. The van der Waals surface area contributed by atoms with Crippen LogP contribution >= 0.6 is 0 Å². The number of hydrogen-bond acceptors (Lipinski definition) is 4. The lowest BCUT2D eigenvalue weighted by Gasteiger charge is -2.35. The van der Waals surface area contributed by atoms with Crippen molar-refractivity contribution in [2.24, 2.45) is 7.05 Å². The van der Waals surface area contributed by atoms with Crippen LogP contribution in [0.4, 0.5) is 0 Å². The maximum atomic E-state index is 12.8. The third-order valence-electron chi connectivity index (χ3n) is 4.46. The molecule has 4 heterocycles. The van der Waals surface area contributed by atoms with Gasteiger partial charge in [0.15, 0.2) is 0 Å². The molecule has 3 aromatic rings. The van der Waals surface area contributed by atoms with Crippen molar-refractivity contribution in [2.75, 3.05) is 6.54 Å². The molecule has 0 aromatic carbocycles. The molecule has 3 aromatic heterocycles. The molecule has 1 unspecified atom stereocenters. The minimum Gasteiger partial charge on any atom is -0.340 e. The molecule has 0 bridgehead atoms. The minimum atomic E-state index is -0.164. The zero-order valence-corrected chi connectivity index (χ0v) is 13.3. The van der Waals surface area contributed by atoms with Gasteiger partial charge in [0.1, 0.15) is 5.69 Å². The second-order valence-corrected chi connectivity index (χ2v) is 6.12. The molecule has 1 aliphatic rings. The van der Waals surface area contributed by atoms with E-state index in [2.05, 4.69) is 15.0 Å². The van der Waals surface area contributed by atoms with Crippen molar-refractivity contribution in [1.82, 2.24) is 28.8 Å². The fourth-order valence-corrected chi connectivity index (χ4v) is 3.29. The van der Waals surface area contributed by atoms with Gasteiger partial charge in [0.2, 0.25) is 5.78 Å². The fraction of sp³-hybridized carbons (Fsp3) is 0.375. The number of hydrogen-bond donors (Lipinski definition) is 1. The highest BCUT2D eigenvalue weighted by Crippen LogP contribution is 2.30. The summed E-state index contributed by atoms with van der Waals surface area (Å²) in [5.74, 6) is 0.387. The summed E-state index contributed by atoms with van der Waals surface area (Å²) in [6, 6.07) is 1.39. The lowest BCUT2D eigenvalue weighted by Crippen LogP contribution is -2.39. The Kier molecular flexibility index (Phi) is 3.44. The second kappa shape index (κ2) is 5.63. The molecule has 1 saturated heterocycles. The Bertz CT molecular complexity index is 953. The molecule has 1 atom stereocenters. The Labute approximate surface area is 137 Å². The number of nitrogens with one attached hydrogen (secondary N) is 1. The monoisotopic (exact) mass is 326 g/mol. The SMILES string of the molecule is Cn1cnc(C(=O)N2CCCCC2c2cc(=O)n3ccnc3[nH]2)c1. The van der Waals surface area contributed by atoms with E-state index in [9.17, 15) is 9.59 Å². The van der Waals surface area contributed by atoms with E-state index in [1.807, 2.05) is 7.05 Å². The Morgan fingerprint density at radius 2 is 2.21 bits per heavy atom. The Morgan fingerprint density at radius 1 is 1.33 bits per heavy atom. The average Bonchev–Trinajstić information content (AvgIpc) is 3.23. The zero-order valence-electron chi connectivity index (χ0n) is 13.3. The number of nitrogens with zero attached hydrogens (tertiary/aromatic N) is 5. The van der Waals surface area contributed by atoms with E-state index < -0.39 is 0 Å². The van der Waals surface area contributed by atoms with Crippen molar-refractivity contribution in [2.45, 2.75) is 25.3 Å². The number of fused-ring (bicyclic) bond motifs is 1. The van der Waals surface area contributed by atoms with E-state index in [0.717, 1.165) is 25.0 Å². The number of aromatic nitrogens is 5. The first-order valence-electron chi connectivity index (χ1n) is 7.99. The molecule has 4 rings (SSSR count). The van der Waals surface area contributed by atoms with Crippen molar-refractivity contribution in [1.29, 1.82) is 0 Å². The molecule has 24 heavy (non-hydrogen) atoms. The molecule has 8 nitrogen and oxygen atoms in total. The van der Waals surface area contributed by atoms with E-state index in [-0.39, 0.29) is 17.5 Å². The van der Waals surface area contributed by atoms with Crippen molar-refractivity contribution in [3.63, 3.8) is 0 Å². The van der Waals surface area contributed by atoms with Gasteiger partial charge in [-0.3, -0.25) is 14.0 Å². The molecule has 1 amide bonds. The number of imidazole rings is 2. The van der Waals surface area contributed by atoms with Gasteiger partial charge in [-0.05, 0) is 19.3 Å². The number of aromatic amines is 1. The van der Waals surface area contributed by atoms with Crippen LogP contribution in [0.1, 0.15) is 41.5 Å². The van der Waals surface area contributed by atoms with Crippen molar-refractivity contribution < 1.29 is 4.79 Å². The summed E-state index contributed by atoms with van der Waals surface area (Å²) in [7, 11) is 1.83. The molecule has 0 aliphatic carbocycles. The number of amides is 1. The second-order valence-electron chi connectivity index (χ2n) is 6.12. The zero-order chi connectivity index (χ0) is 16.7. The van der Waals surface area contributed by atoms with Gasteiger partial charge in [0.25, 0.3) is 11.5 Å². The topological polar surface area (TPSA) is 88.3 Å². The van der Waals surface area contributed by atoms with Gasteiger partial charge < -0.3 is 14.5 Å². The Balaban J connectivity index is 1.73. The summed E-state index contributed by atoms with van der Waals surface area (Å²) in [6.45, 7) is 0.654. The highest BCUT2D eigenvalue weighted by atomic mass is 16.2. The summed E-state index contributed by atoms with van der Waals surface area (Å²) in [5, 5.41) is 0. The van der Waals surface area contributed by atoms with E-state index in [4.69, 9.17) is 0 Å². The van der Waals surface area contributed by atoms with Crippen LogP contribution in [0, 0.1) is 0 Å². The molecule has 0 radical (unpaired) electrons. The molecule has 124 valence electrons. The van der Waals surface area contributed by atoms with Crippen molar-refractivity contribution in [3.05, 3.63) is 52.7 Å². The number of aryl methyl sites for hydroxylation is 1. The first-order valence-corrected chi connectivity index (χ1v) is 7.99. The van der Waals surface area contributed by atoms with Crippen LogP contribution in [0.15, 0.2) is 35.8 Å². The van der Waals surface area contributed by atoms with Crippen LogP contribution in [-0.4, -0.2) is 41.3 Å². The van der Waals surface area contributed by atoms with Gasteiger partial charge in [0, 0.05) is 43.9 Å². The molecule has 1 aliphatic heterocycles. The Morgan fingerprint density at radius 3 is 3.00 bits per heavy atom. The van der Waals surface area contributed by atoms with Gasteiger partial charge in [-0.15, -0.1) is 0 Å². The van der Waals surface area contributed by atoms with E-state index in [0.29, 0.717) is 18.0 Å². The van der Waals surface area contributed by atoms with Gasteiger partial charge in [-0.2, -0.15) is 0 Å². The summed E-state index contributed by atoms with van der Waals surface area (Å²) in [6.07, 6.45) is 9.30. The maximum absolute atomic E-state index is 12.8. The summed E-state index contributed by atoms with van der Waals surface area (Å²) >= 11 is 0. The smallest absolute Gasteiger partial charge is 0.274 e. The van der Waals surface area contributed by atoms with E-state index >= 15 is 0 Å². The number of H-pyrrole nitrogens is 1. The highest BCUT2D eigenvalue weighted by Gasteiger charge is 2.30. The maximum Gasteiger partial charge on any atom is 0.274 e. The van der Waals surface area contributed by atoms with E-state index in [1.54, 1.807) is 40.5 Å². The molecule has 1 N–H and O–H groups in total. The lowest BCUT2D eigenvalue weighted by atomic mass is 9.98. The van der Waals surface area contributed by atoms with Crippen LogP contribution in [0.3, 0.4) is 0 Å². The van der Waals surface area contributed by atoms with E-state index in [1.165, 1.54) is 4.40 Å². The minimum absolute atomic E-state index is 0.107. The van der Waals surface area contributed by atoms with Crippen LogP contribution in [0.2, 0.25) is 0 Å². The predicted molar refractivity (Wildman–Crippen MR) is 86.6 cm³/mol. The predicted octanol–water partition coefficient (Wildman–Crippen LogP) is 1.12. The lowest BCUT2D eigenvalue weighted by molar-refractivity contribution is 0.0600. The number of carbonyl (C=O) groups is 1. The third-order valence-corrected chi connectivity index (χ3v) is 4.46. The standard InChI is InChI=1S/C16H18N6O2/c1-20-9-12(18-10-20)15(24)21-6-3-2-4-13(21)11-8-14(23)22-7-5-17-16(22)19-11/h5,7-10,13H,2-4,6H2,1H3,(H,17,19). The number of rotatable bonds is 2. The van der Waals surface area contributed by atoms with Crippen LogP contribution < -0.4 is 5.56 Å². The normalized spacial score (nSPS) is 18.2. The Hall–Kier alpha value is -2.90. The molecular formula is C16H18N6O2. The summed E-state index contributed by atoms with van der Waals surface area (Å²) in [4.78, 5) is 38.4. The van der Waals surface area contributed by atoms with Crippen molar-refractivity contribution >= 4 is 11.7 Å². The molecular weight excluding hydrogens is 308 g/mol.